The number of hydrogen-bond donors (Lipinski definition) is 2. The minimum Gasteiger partial charge on any atom is -0.456 e. The molecule has 2 N–H and O–H groups in total. The van der Waals surface area contributed by atoms with Gasteiger partial charge in [0, 0.05) is 37.6 Å². The Labute approximate surface area is 227 Å². The third kappa shape index (κ3) is 7.43. The Kier molecular flexibility index (Phi) is 9.15. The summed E-state index contributed by atoms with van der Waals surface area (Å²) in [5.74, 6) is -1.01. The number of esters is 1. The molecule has 2 amide bonds. The van der Waals surface area contributed by atoms with Crippen molar-refractivity contribution in [2.75, 3.05) is 18.4 Å². The van der Waals surface area contributed by atoms with Gasteiger partial charge in [-0.2, -0.15) is 0 Å². The van der Waals surface area contributed by atoms with E-state index in [1.807, 2.05) is 30.3 Å². The van der Waals surface area contributed by atoms with Crippen LogP contribution in [0.2, 0.25) is 5.02 Å². The molecule has 38 heavy (non-hydrogen) atoms. The molecular formula is C28H32ClN5O4. The molecule has 2 aromatic heterocycles. The van der Waals surface area contributed by atoms with Crippen LogP contribution in [0, 0.1) is 0 Å². The van der Waals surface area contributed by atoms with Gasteiger partial charge in [0.15, 0.2) is 0 Å². The van der Waals surface area contributed by atoms with Crippen LogP contribution in [0.3, 0.4) is 0 Å². The second-order valence-electron chi connectivity index (χ2n) is 9.59. The Morgan fingerprint density at radius 2 is 1.84 bits per heavy atom. The van der Waals surface area contributed by atoms with Crippen molar-refractivity contribution in [3.63, 3.8) is 0 Å². The van der Waals surface area contributed by atoms with E-state index in [2.05, 4.69) is 34.4 Å². The zero-order valence-corrected chi connectivity index (χ0v) is 22.3. The highest BCUT2D eigenvalue weighted by molar-refractivity contribution is 6.30. The van der Waals surface area contributed by atoms with Crippen LogP contribution in [0.5, 0.6) is 0 Å². The quantitative estimate of drug-likeness (QED) is 0.397. The first-order chi connectivity index (χ1) is 18.3. The maximum absolute atomic E-state index is 13.1. The van der Waals surface area contributed by atoms with Crippen molar-refractivity contribution in [1.82, 2.24) is 19.8 Å². The van der Waals surface area contributed by atoms with Crippen LogP contribution in [0.4, 0.5) is 5.82 Å². The van der Waals surface area contributed by atoms with Gasteiger partial charge >= 0.3 is 5.97 Å². The van der Waals surface area contributed by atoms with Gasteiger partial charge in [-0.25, -0.2) is 9.78 Å². The smallest absolute Gasteiger partial charge is 0.355 e. The molecular weight excluding hydrogens is 506 g/mol. The molecule has 200 valence electrons. The minimum absolute atomic E-state index is 0.0496. The average molecular weight is 538 g/mol. The van der Waals surface area contributed by atoms with E-state index in [1.54, 1.807) is 12.1 Å². The molecule has 1 aliphatic heterocycles. The third-order valence-electron chi connectivity index (χ3n) is 6.48. The summed E-state index contributed by atoms with van der Waals surface area (Å²) in [7, 11) is 0. The zero-order valence-electron chi connectivity index (χ0n) is 21.5. The van der Waals surface area contributed by atoms with Crippen LogP contribution < -0.4 is 10.6 Å². The van der Waals surface area contributed by atoms with Gasteiger partial charge in [0.1, 0.15) is 24.7 Å². The number of rotatable bonds is 9. The average Bonchev–Trinajstić information content (AvgIpc) is 3.33. The van der Waals surface area contributed by atoms with E-state index in [0.29, 0.717) is 22.4 Å². The monoisotopic (exact) mass is 537 g/mol. The van der Waals surface area contributed by atoms with E-state index in [4.69, 9.17) is 16.3 Å². The molecule has 0 spiro atoms. The minimum atomic E-state index is -0.629. The van der Waals surface area contributed by atoms with Crippen LogP contribution in [-0.2, 0) is 22.7 Å². The molecule has 4 rings (SSSR count). The molecule has 0 radical (unpaired) electrons. The Bertz CT molecular complexity index is 1250. The number of carbonyl (C=O) groups is 3. The summed E-state index contributed by atoms with van der Waals surface area (Å²) in [5, 5.41) is 6.20. The molecule has 1 fully saturated rings. The highest BCUT2D eigenvalue weighted by Gasteiger charge is 2.25. The van der Waals surface area contributed by atoms with Gasteiger partial charge < -0.3 is 24.8 Å². The Hall–Kier alpha value is -3.69. The summed E-state index contributed by atoms with van der Waals surface area (Å²) in [6, 6.07) is 14.5. The van der Waals surface area contributed by atoms with Crippen molar-refractivity contribution < 1.29 is 19.1 Å². The van der Waals surface area contributed by atoms with E-state index in [9.17, 15) is 14.4 Å². The molecule has 1 aromatic carbocycles. The van der Waals surface area contributed by atoms with E-state index in [1.165, 1.54) is 23.0 Å². The van der Waals surface area contributed by atoms with Crippen molar-refractivity contribution in [2.24, 2.45) is 0 Å². The molecule has 1 aliphatic rings. The standard InChI is InChI=1S/C28H32ClN5O4/c1-19(2)33-12-10-23(11-13-33)31-27(36)21-14-24(28(37)38-18-20-6-4-3-5-7-20)34(16-21)17-26(35)32-25-9-8-22(29)15-30-25/h3-9,14-16,19,23H,10-13,17-18H2,1-2H3,(H,31,36)(H,30,32,35). The fraction of sp³-hybridized carbons (Fsp3) is 0.357. The first-order valence-corrected chi connectivity index (χ1v) is 13.0. The van der Waals surface area contributed by atoms with Crippen molar-refractivity contribution in [3.8, 4) is 0 Å². The molecule has 0 bridgehead atoms. The second-order valence-corrected chi connectivity index (χ2v) is 10.0. The van der Waals surface area contributed by atoms with Crippen LogP contribution in [0.15, 0.2) is 60.9 Å². The number of likely N-dealkylation sites (tertiary alicyclic amines) is 1. The maximum Gasteiger partial charge on any atom is 0.355 e. The van der Waals surface area contributed by atoms with E-state index in [-0.39, 0.29) is 30.8 Å². The summed E-state index contributed by atoms with van der Waals surface area (Å²) >= 11 is 5.86. The Morgan fingerprint density at radius 1 is 1.11 bits per heavy atom. The third-order valence-corrected chi connectivity index (χ3v) is 6.71. The summed E-state index contributed by atoms with van der Waals surface area (Å²) in [5.41, 5.74) is 1.23. The number of amides is 2. The molecule has 1 saturated heterocycles. The number of piperidine rings is 1. The number of nitrogens with zero attached hydrogens (tertiary/aromatic N) is 3. The van der Waals surface area contributed by atoms with Gasteiger partial charge in [0.2, 0.25) is 5.91 Å². The number of pyridine rings is 1. The number of carbonyl (C=O) groups excluding carboxylic acids is 3. The number of halogens is 1. The van der Waals surface area contributed by atoms with Gasteiger partial charge in [0.25, 0.3) is 5.91 Å². The molecule has 3 heterocycles. The number of anilines is 1. The van der Waals surface area contributed by atoms with E-state index < -0.39 is 11.9 Å². The summed E-state index contributed by atoms with van der Waals surface area (Å²) < 4.78 is 6.91. The summed E-state index contributed by atoms with van der Waals surface area (Å²) in [6.07, 6.45) is 4.64. The Balaban J connectivity index is 1.47. The fourth-order valence-corrected chi connectivity index (χ4v) is 4.46. The van der Waals surface area contributed by atoms with Crippen molar-refractivity contribution in [2.45, 2.75) is 51.9 Å². The van der Waals surface area contributed by atoms with E-state index >= 15 is 0 Å². The van der Waals surface area contributed by atoms with Crippen LogP contribution in [-0.4, -0.2) is 57.4 Å². The molecule has 3 aromatic rings. The highest BCUT2D eigenvalue weighted by atomic mass is 35.5. The Morgan fingerprint density at radius 3 is 2.50 bits per heavy atom. The van der Waals surface area contributed by atoms with Gasteiger partial charge in [-0.1, -0.05) is 41.9 Å². The molecule has 0 atom stereocenters. The predicted molar refractivity (Wildman–Crippen MR) is 145 cm³/mol. The first-order valence-electron chi connectivity index (χ1n) is 12.7. The molecule has 10 heteroatoms. The maximum atomic E-state index is 13.1. The molecule has 0 aliphatic carbocycles. The van der Waals surface area contributed by atoms with E-state index in [0.717, 1.165) is 31.5 Å². The van der Waals surface area contributed by atoms with Gasteiger partial charge in [-0.05, 0) is 50.5 Å². The second kappa shape index (κ2) is 12.7. The number of ether oxygens (including phenoxy) is 1. The van der Waals surface area contributed by atoms with Crippen molar-refractivity contribution >= 4 is 35.2 Å². The summed E-state index contributed by atoms with van der Waals surface area (Å²) in [4.78, 5) is 45.3. The normalized spacial score (nSPS) is 14.3. The number of aromatic nitrogens is 2. The van der Waals surface area contributed by atoms with Crippen molar-refractivity contribution in [1.29, 1.82) is 0 Å². The number of hydrogen-bond acceptors (Lipinski definition) is 6. The summed E-state index contributed by atoms with van der Waals surface area (Å²) in [6.45, 7) is 6.03. The van der Waals surface area contributed by atoms with Gasteiger partial charge in [0.05, 0.1) is 10.6 Å². The molecule has 0 saturated carbocycles. The molecule has 9 nitrogen and oxygen atoms in total. The van der Waals surface area contributed by atoms with Crippen molar-refractivity contribution in [3.05, 3.63) is 82.8 Å². The lowest BCUT2D eigenvalue weighted by molar-refractivity contribution is -0.116. The lowest BCUT2D eigenvalue weighted by atomic mass is 10.0. The number of benzene rings is 1. The highest BCUT2D eigenvalue weighted by Crippen LogP contribution is 2.17. The topological polar surface area (TPSA) is 106 Å². The predicted octanol–water partition coefficient (Wildman–Crippen LogP) is 4.13. The van der Waals surface area contributed by atoms with Crippen LogP contribution >= 0.6 is 11.6 Å². The first kappa shape index (κ1) is 27.3. The largest absolute Gasteiger partial charge is 0.456 e. The van der Waals surface area contributed by atoms with Crippen LogP contribution in [0.1, 0.15) is 53.1 Å². The lowest BCUT2D eigenvalue weighted by Gasteiger charge is -2.34. The zero-order chi connectivity index (χ0) is 27.1. The lowest BCUT2D eigenvalue weighted by Crippen LogP contribution is -2.46. The number of nitrogens with one attached hydrogen (secondary N) is 2. The fourth-order valence-electron chi connectivity index (χ4n) is 4.35. The SMILES string of the molecule is CC(C)N1CCC(NC(=O)c2cc(C(=O)OCc3ccccc3)n(CC(=O)Nc3ccc(Cl)cn3)c2)CC1. The molecule has 0 unspecified atom stereocenters. The van der Waals surface area contributed by atoms with Gasteiger partial charge in [-0.15, -0.1) is 0 Å². The van der Waals surface area contributed by atoms with Gasteiger partial charge in [-0.3, -0.25) is 9.59 Å². The van der Waals surface area contributed by atoms with Crippen LogP contribution in [0.25, 0.3) is 0 Å².